The van der Waals surface area contributed by atoms with Crippen molar-refractivity contribution in [1.29, 1.82) is 0 Å². The minimum Gasteiger partial charge on any atom is -0.494 e. The highest BCUT2D eigenvalue weighted by Gasteiger charge is 2.42. The second kappa shape index (κ2) is 9.05. The quantitative estimate of drug-likeness (QED) is 0.326. The number of anilines is 2. The summed E-state index contributed by atoms with van der Waals surface area (Å²) in [6.45, 7) is 11.8. The van der Waals surface area contributed by atoms with E-state index >= 15 is 0 Å². The fourth-order valence-corrected chi connectivity index (χ4v) is 4.96. The Balaban J connectivity index is 1.96. The first-order valence-electron chi connectivity index (χ1n) is 11.9. The Morgan fingerprint density at radius 2 is 1.53 bits per heavy atom. The molecular formula is C29H34N2O3. The standard InChI is InChI=1S/C29H34N2O3/c1-6-34-23-18-22(19-12-14-20(15-13-19)27(32)33)26(31-30-21-10-8-7-9-11-21)25-24(23)28(2,3)16-17-29(25,4)5/h7-15,18,30-31H,6,16-17H2,1-5H3,(H,32,33). The first-order chi connectivity index (χ1) is 16.1. The maximum Gasteiger partial charge on any atom is 0.335 e. The summed E-state index contributed by atoms with van der Waals surface area (Å²) < 4.78 is 6.23. The number of aromatic carboxylic acids is 1. The molecule has 0 saturated carbocycles. The summed E-state index contributed by atoms with van der Waals surface area (Å²) in [5, 5.41) is 9.37. The van der Waals surface area contributed by atoms with Gasteiger partial charge in [0.15, 0.2) is 0 Å². The third-order valence-electron chi connectivity index (χ3n) is 6.87. The number of carbonyl (C=O) groups is 1. The zero-order valence-electron chi connectivity index (χ0n) is 20.7. The van der Waals surface area contributed by atoms with Crippen LogP contribution in [0.3, 0.4) is 0 Å². The van der Waals surface area contributed by atoms with Crippen LogP contribution in [0, 0.1) is 0 Å². The van der Waals surface area contributed by atoms with E-state index in [-0.39, 0.29) is 16.4 Å². The second-order valence-corrected chi connectivity index (χ2v) is 10.2. The van der Waals surface area contributed by atoms with Gasteiger partial charge in [0.25, 0.3) is 0 Å². The van der Waals surface area contributed by atoms with E-state index < -0.39 is 5.97 Å². The molecule has 0 bridgehead atoms. The largest absolute Gasteiger partial charge is 0.494 e. The number of ether oxygens (including phenoxy) is 1. The first kappa shape index (κ1) is 23.7. The lowest BCUT2D eigenvalue weighted by molar-refractivity contribution is 0.0697. The molecule has 1 aliphatic carbocycles. The van der Waals surface area contributed by atoms with Crippen molar-refractivity contribution in [3.05, 3.63) is 77.4 Å². The monoisotopic (exact) mass is 458 g/mol. The highest BCUT2D eigenvalue weighted by molar-refractivity contribution is 5.90. The molecule has 1 aliphatic rings. The molecule has 0 atom stereocenters. The number of rotatable bonds is 7. The van der Waals surface area contributed by atoms with E-state index in [1.54, 1.807) is 12.1 Å². The van der Waals surface area contributed by atoms with Gasteiger partial charge in [0.05, 0.1) is 23.5 Å². The third kappa shape index (κ3) is 4.47. The Kier molecular flexibility index (Phi) is 6.30. The summed E-state index contributed by atoms with van der Waals surface area (Å²) in [5.41, 5.74) is 13.4. The lowest BCUT2D eigenvalue weighted by Gasteiger charge is -2.44. The van der Waals surface area contributed by atoms with E-state index in [1.807, 2.05) is 49.4 Å². The Labute approximate surface area is 202 Å². The van der Waals surface area contributed by atoms with Gasteiger partial charge in [-0.15, -0.1) is 0 Å². The van der Waals surface area contributed by atoms with Crippen LogP contribution in [0.5, 0.6) is 5.75 Å². The number of fused-ring (bicyclic) bond motifs is 1. The van der Waals surface area contributed by atoms with Crippen LogP contribution in [-0.2, 0) is 10.8 Å². The smallest absolute Gasteiger partial charge is 0.335 e. The molecule has 4 rings (SSSR count). The number of hydrogen-bond donors (Lipinski definition) is 3. The minimum absolute atomic E-state index is 0.0375. The number of nitrogens with one attached hydrogen (secondary N) is 2. The van der Waals surface area contributed by atoms with Crippen molar-refractivity contribution < 1.29 is 14.6 Å². The van der Waals surface area contributed by atoms with E-state index in [2.05, 4.69) is 44.6 Å². The van der Waals surface area contributed by atoms with Crippen molar-refractivity contribution in [2.45, 2.75) is 58.3 Å². The molecule has 3 N–H and O–H groups in total. The molecule has 5 nitrogen and oxygen atoms in total. The molecule has 0 saturated heterocycles. The Hall–Kier alpha value is -3.47. The van der Waals surface area contributed by atoms with Crippen molar-refractivity contribution >= 4 is 17.3 Å². The van der Waals surface area contributed by atoms with Gasteiger partial charge in [0.1, 0.15) is 5.75 Å². The molecule has 3 aromatic rings. The zero-order chi connectivity index (χ0) is 24.5. The SMILES string of the molecule is CCOc1cc(-c2ccc(C(=O)O)cc2)c(NNc2ccccc2)c2c1C(C)(C)CCC2(C)C. The number of carboxylic acids is 1. The molecule has 5 heteroatoms. The van der Waals surface area contributed by atoms with Gasteiger partial charge < -0.3 is 15.3 Å². The van der Waals surface area contributed by atoms with Crippen LogP contribution < -0.4 is 15.6 Å². The highest BCUT2D eigenvalue weighted by Crippen LogP contribution is 2.54. The number of para-hydroxylation sites is 1. The fraction of sp³-hybridized carbons (Fsp3) is 0.345. The third-order valence-corrected chi connectivity index (χ3v) is 6.87. The van der Waals surface area contributed by atoms with Crippen LogP contribution in [0.25, 0.3) is 11.1 Å². The average Bonchev–Trinajstić information content (AvgIpc) is 2.81. The van der Waals surface area contributed by atoms with Gasteiger partial charge in [-0.05, 0) is 72.1 Å². The molecule has 0 unspecified atom stereocenters. The fourth-order valence-electron chi connectivity index (χ4n) is 4.96. The molecule has 0 fully saturated rings. The normalized spacial score (nSPS) is 15.8. The molecule has 0 heterocycles. The summed E-state index contributed by atoms with van der Waals surface area (Å²) in [4.78, 5) is 11.4. The summed E-state index contributed by atoms with van der Waals surface area (Å²) in [6, 6.07) is 19.2. The molecule has 34 heavy (non-hydrogen) atoms. The van der Waals surface area contributed by atoms with Crippen molar-refractivity contribution in [3.63, 3.8) is 0 Å². The maximum absolute atomic E-state index is 11.4. The van der Waals surface area contributed by atoms with Crippen LogP contribution in [0.2, 0.25) is 0 Å². The van der Waals surface area contributed by atoms with Crippen molar-refractivity contribution in [2.75, 3.05) is 17.5 Å². The maximum atomic E-state index is 11.4. The summed E-state index contributed by atoms with van der Waals surface area (Å²) in [7, 11) is 0. The minimum atomic E-state index is -0.932. The van der Waals surface area contributed by atoms with Gasteiger partial charge in [0.2, 0.25) is 0 Å². The van der Waals surface area contributed by atoms with Gasteiger partial charge in [-0.1, -0.05) is 58.0 Å². The lowest BCUT2D eigenvalue weighted by Crippen LogP contribution is -2.36. The molecule has 0 amide bonds. The van der Waals surface area contributed by atoms with E-state index in [0.29, 0.717) is 6.61 Å². The molecular weight excluding hydrogens is 424 g/mol. The Morgan fingerprint density at radius 3 is 2.12 bits per heavy atom. The number of benzene rings is 3. The van der Waals surface area contributed by atoms with Crippen LogP contribution >= 0.6 is 0 Å². The summed E-state index contributed by atoms with van der Waals surface area (Å²) in [6.07, 6.45) is 2.13. The summed E-state index contributed by atoms with van der Waals surface area (Å²) in [5.74, 6) is -0.0307. The van der Waals surface area contributed by atoms with Crippen LogP contribution in [-0.4, -0.2) is 17.7 Å². The predicted octanol–water partition coefficient (Wildman–Crippen LogP) is 7.24. The van der Waals surface area contributed by atoms with Gasteiger partial charge in [0, 0.05) is 11.1 Å². The van der Waals surface area contributed by atoms with Crippen LogP contribution in [0.4, 0.5) is 11.4 Å². The average molecular weight is 459 g/mol. The van der Waals surface area contributed by atoms with Crippen LogP contribution in [0.1, 0.15) is 68.9 Å². The van der Waals surface area contributed by atoms with Gasteiger partial charge in [-0.2, -0.15) is 0 Å². The zero-order valence-corrected chi connectivity index (χ0v) is 20.7. The van der Waals surface area contributed by atoms with E-state index in [4.69, 9.17) is 4.74 Å². The Morgan fingerprint density at radius 1 is 0.912 bits per heavy atom. The molecule has 3 aromatic carbocycles. The topological polar surface area (TPSA) is 70.6 Å². The Bertz CT molecular complexity index is 1180. The first-order valence-corrected chi connectivity index (χ1v) is 11.9. The number of carboxylic acid groups (broad SMARTS) is 1. The van der Waals surface area contributed by atoms with Gasteiger partial charge >= 0.3 is 5.97 Å². The van der Waals surface area contributed by atoms with Crippen molar-refractivity contribution in [1.82, 2.24) is 0 Å². The van der Waals surface area contributed by atoms with E-state index in [9.17, 15) is 9.90 Å². The van der Waals surface area contributed by atoms with Crippen molar-refractivity contribution in [3.8, 4) is 16.9 Å². The molecule has 0 radical (unpaired) electrons. The van der Waals surface area contributed by atoms with E-state index in [0.717, 1.165) is 41.1 Å². The second-order valence-electron chi connectivity index (χ2n) is 10.2. The molecule has 0 aliphatic heterocycles. The van der Waals surface area contributed by atoms with Crippen molar-refractivity contribution in [2.24, 2.45) is 0 Å². The molecule has 178 valence electrons. The number of hydrogen-bond acceptors (Lipinski definition) is 4. The predicted molar refractivity (Wildman–Crippen MR) is 139 cm³/mol. The van der Waals surface area contributed by atoms with Crippen LogP contribution in [0.15, 0.2) is 60.7 Å². The highest BCUT2D eigenvalue weighted by atomic mass is 16.5. The van der Waals surface area contributed by atoms with E-state index in [1.165, 1.54) is 11.1 Å². The number of hydrazine groups is 1. The molecule has 0 spiro atoms. The lowest BCUT2D eigenvalue weighted by atomic mass is 9.61. The summed E-state index contributed by atoms with van der Waals surface area (Å²) >= 11 is 0. The van der Waals surface area contributed by atoms with Gasteiger partial charge in [-0.3, -0.25) is 5.43 Å². The molecule has 0 aromatic heterocycles. The van der Waals surface area contributed by atoms with Gasteiger partial charge in [-0.25, -0.2) is 4.79 Å².